The van der Waals surface area contributed by atoms with Crippen molar-refractivity contribution in [2.75, 3.05) is 0 Å². The summed E-state index contributed by atoms with van der Waals surface area (Å²) < 4.78 is 0. The molecule has 0 spiro atoms. The predicted molar refractivity (Wildman–Crippen MR) is 73.0 cm³/mol. The van der Waals surface area contributed by atoms with Crippen LogP contribution in [0.25, 0.3) is 11.1 Å². The molecule has 0 radical (unpaired) electrons. The maximum absolute atomic E-state index is 10.9. The zero-order valence-corrected chi connectivity index (χ0v) is 10.8. The molecule has 18 heavy (non-hydrogen) atoms. The lowest BCUT2D eigenvalue weighted by Gasteiger charge is -2.12. The number of benzene rings is 2. The molecule has 0 amide bonds. The van der Waals surface area contributed by atoms with Gasteiger partial charge >= 0.3 is 5.97 Å². The number of carboxylic acid groups (broad SMARTS) is 1. The monoisotopic (exact) mass is 240 g/mol. The zero-order chi connectivity index (χ0) is 13.3. The maximum atomic E-state index is 10.9. The highest BCUT2D eigenvalue weighted by atomic mass is 16.4. The second kappa shape index (κ2) is 4.65. The van der Waals surface area contributed by atoms with E-state index in [-0.39, 0.29) is 0 Å². The van der Waals surface area contributed by atoms with Crippen molar-refractivity contribution >= 4 is 5.97 Å². The Bertz CT molecular complexity index is 612. The highest BCUT2D eigenvalue weighted by Crippen LogP contribution is 2.28. The highest BCUT2D eigenvalue weighted by Gasteiger charge is 2.09. The van der Waals surface area contributed by atoms with E-state index in [1.165, 1.54) is 16.7 Å². The van der Waals surface area contributed by atoms with Crippen LogP contribution in [0.1, 0.15) is 27.0 Å². The van der Waals surface area contributed by atoms with Gasteiger partial charge in [0.1, 0.15) is 0 Å². The molecular formula is C16H16O2. The third-order valence-electron chi connectivity index (χ3n) is 3.37. The molecule has 0 saturated heterocycles. The molecule has 2 nitrogen and oxygen atoms in total. The molecule has 0 aromatic heterocycles. The molecule has 2 rings (SSSR count). The van der Waals surface area contributed by atoms with Gasteiger partial charge in [-0.05, 0) is 60.7 Å². The first kappa shape index (κ1) is 12.4. The number of carbonyl (C=O) groups is 1. The van der Waals surface area contributed by atoms with Crippen molar-refractivity contribution < 1.29 is 9.90 Å². The van der Waals surface area contributed by atoms with Gasteiger partial charge in [-0.15, -0.1) is 0 Å². The van der Waals surface area contributed by atoms with Crippen molar-refractivity contribution in [3.63, 3.8) is 0 Å². The molecule has 0 unspecified atom stereocenters. The number of rotatable bonds is 2. The molecule has 0 fully saturated rings. The quantitative estimate of drug-likeness (QED) is 0.862. The van der Waals surface area contributed by atoms with E-state index in [1.807, 2.05) is 19.1 Å². The summed E-state index contributed by atoms with van der Waals surface area (Å²) in [4.78, 5) is 10.9. The summed E-state index contributed by atoms with van der Waals surface area (Å²) in [6.07, 6.45) is 0. The third kappa shape index (κ3) is 2.14. The van der Waals surface area contributed by atoms with Gasteiger partial charge in [-0.25, -0.2) is 4.79 Å². The van der Waals surface area contributed by atoms with Crippen molar-refractivity contribution in [3.8, 4) is 11.1 Å². The summed E-state index contributed by atoms with van der Waals surface area (Å²) in [5.74, 6) is -0.884. The summed E-state index contributed by atoms with van der Waals surface area (Å²) in [6, 6.07) is 11.5. The first-order valence-corrected chi connectivity index (χ1v) is 5.91. The topological polar surface area (TPSA) is 37.3 Å². The average molecular weight is 240 g/mol. The summed E-state index contributed by atoms with van der Waals surface area (Å²) in [5, 5.41) is 8.97. The minimum atomic E-state index is -0.884. The number of aromatic carboxylic acids is 1. The number of hydrogen-bond donors (Lipinski definition) is 1. The molecule has 0 aliphatic heterocycles. The standard InChI is InChI=1S/C16H16O2/c1-10-5-4-6-15(12(10)3)14-8-7-13(16(17)18)9-11(14)2/h4-9H,1-3H3,(H,17,18). The van der Waals surface area contributed by atoms with Crippen LogP contribution in [0.5, 0.6) is 0 Å². The van der Waals surface area contributed by atoms with E-state index in [1.54, 1.807) is 12.1 Å². The first-order valence-electron chi connectivity index (χ1n) is 5.91. The van der Waals surface area contributed by atoms with Crippen molar-refractivity contribution in [2.24, 2.45) is 0 Å². The Hall–Kier alpha value is -2.09. The minimum absolute atomic E-state index is 0.335. The van der Waals surface area contributed by atoms with Crippen molar-refractivity contribution in [2.45, 2.75) is 20.8 Å². The van der Waals surface area contributed by atoms with Crippen molar-refractivity contribution in [1.29, 1.82) is 0 Å². The van der Waals surface area contributed by atoms with Crippen molar-refractivity contribution in [1.82, 2.24) is 0 Å². The highest BCUT2D eigenvalue weighted by molar-refractivity contribution is 5.89. The number of aryl methyl sites for hydroxylation is 2. The molecule has 92 valence electrons. The van der Waals surface area contributed by atoms with Crippen LogP contribution in [0, 0.1) is 20.8 Å². The van der Waals surface area contributed by atoms with E-state index in [0.717, 1.165) is 11.1 Å². The van der Waals surface area contributed by atoms with Crippen LogP contribution in [0.3, 0.4) is 0 Å². The van der Waals surface area contributed by atoms with Crippen LogP contribution < -0.4 is 0 Å². The summed E-state index contributed by atoms with van der Waals surface area (Å²) in [5.41, 5.74) is 6.08. The number of hydrogen-bond acceptors (Lipinski definition) is 1. The Labute approximate surface area is 107 Å². The summed E-state index contributed by atoms with van der Waals surface area (Å²) in [6.45, 7) is 6.12. The van der Waals surface area contributed by atoms with Gasteiger partial charge in [0.15, 0.2) is 0 Å². The van der Waals surface area contributed by atoms with E-state index in [0.29, 0.717) is 5.56 Å². The smallest absolute Gasteiger partial charge is 0.335 e. The van der Waals surface area contributed by atoms with Gasteiger partial charge in [0.05, 0.1) is 5.56 Å². The predicted octanol–water partition coefficient (Wildman–Crippen LogP) is 3.98. The van der Waals surface area contributed by atoms with Crippen LogP contribution in [0.4, 0.5) is 0 Å². The van der Waals surface area contributed by atoms with E-state index < -0.39 is 5.97 Å². The van der Waals surface area contributed by atoms with E-state index in [9.17, 15) is 4.79 Å². The average Bonchev–Trinajstić information content (AvgIpc) is 2.33. The molecule has 0 bridgehead atoms. The molecule has 0 aliphatic rings. The largest absolute Gasteiger partial charge is 0.478 e. The lowest BCUT2D eigenvalue weighted by molar-refractivity contribution is 0.0697. The summed E-state index contributed by atoms with van der Waals surface area (Å²) >= 11 is 0. The van der Waals surface area contributed by atoms with Gasteiger partial charge in [0.2, 0.25) is 0 Å². The van der Waals surface area contributed by atoms with Gasteiger partial charge in [0, 0.05) is 0 Å². The van der Waals surface area contributed by atoms with Crippen molar-refractivity contribution in [3.05, 3.63) is 58.7 Å². The van der Waals surface area contributed by atoms with Gasteiger partial charge in [0.25, 0.3) is 0 Å². The Morgan fingerprint density at radius 2 is 1.67 bits per heavy atom. The van der Waals surface area contributed by atoms with Crippen LogP contribution in [0.2, 0.25) is 0 Å². The van der Waals surface area contributed by atoms with Crippen LogP contribution in [-0.4, -0.2) is 11.1 Å². The second-order valence-corrected chi connectivity index (χ2v) is 4.58. The maximum Gasteiger partial charge on any atom is 0.335 e. The molecule has 0 aliphatic carbocycles. The fourth-order valence-corrected chi connectivity index (χ4v) is 2.14. The SMILES string of the molecule is Cc1cc(C(=O)O)ccc1-c1cccc(C)c1C. The van der Waals surface area contributed by atoms with Crippen LogP contribution in [0.15, 0.2) is 36.4 Å². The first-order chi connectivity index (χ1) is 8.50. The summed E-state index contributed by atoms with van der Waals surface area (Å²) in [7, 11) is 0. The van der Waals surface area contributed by atoms with Gasteiger partial charge in [-0.1, -0.05) is 24.3 Å². The Balaban J connectivity index is 2.58. The molecular weight excluding hydrogens is 224 g/mol. The zero-order valence-electron chi connectivity index (χ0n) is 10.8. The number of carboxylic acids is 1. The Morgan fingerprint density at radius 1 is 0.944 bits per heavy atom. The molecule has 2 heteroatoms. The lowest BCUT2D eigenvalue weighted by Crippen LogP contribution is -1.98. The lowest BCUT2D eigenvalue weighted by atomic mass is 9.93. The molecule has 0 atom stereocenters. The Kier molecular flexibility index (Phi) is 3.19. The molecule has 2 aromatic carbocycles. The fourth-order valence-electron chi connectivity index (χ4n) is 2.14. The van der Waals surface area contributed by atoms with E-state index in [2.05, 4.69) is 26.0 Å². The van der Waals surface area contributed by atoms with Crippen LogP contribution >= 0.6 is 0 Å². The van der Waals surface area contributed by atoms with Gasteiger partial charge < -0.3 is 5.11 Å². The normalized spacial score (nSPS) is 10.4. The second-order valence-electron chi connectivity index (χ2n) is 4.58. The fraction of sp³-hybridized carbons (Fsp3) is 0.188. The van der Waals surface area contributed by atoms with Crippen LogP contribution in [-0.2, 0) is 0 Å². The molecule has 1 N–H and O–H groups in total. The van der Waals surface area contributed by atoms with Gasteiger partial charge in [-0.2, -0.15) is 0 Å². The van der Waals surface area contributed by atoms with E-state index in [4.69, 9.17) is 5.11 Å². The third-order valence-corrected chi connectivity index (χ3v) is 3.37. The Morgan fingerprint density at radius 3 is 2.28 bits per heavy atom. The molecule has 2 aromatic rings. The molecule has 0 heterocycles. The van der Waals surface area contributed by atoms with E-state index >= 15 is 0 Å². The molecule has 0 saturated carbocycles. The van der Waals surface area contributed by atoms with Gasteiger partial charge in [-0.3, -0.25) is 0 Å². The minimum Gasteiger partial charge on any atom is -0.478 e.